The summed E-state index contributed by atoms with van der Waals surface area (Å²) in [7, 11) is 3.18. The molecule has 2 nitrogen and oxygen atoms in total. The lowest BCUT2D eigenvalue weighted by Crippen LogP contribution is -2.27. The van der Waals surface area contributed by atoms with Crippen LogP contribution in [-0.4, -0.2) is 12.9 Å². The Bertz CT molecular complexity index is 38.1. The number of hydrogen-bond acceptors (Lipinski definition) is 2. The monoisotopic (exact) mass is 87.0 g/mol. The van der Waals surface area contributed by atoms with Gasteiger partial charge in [-0.3, -0.25) is 0 Å². The lowest BCUT2D eigenvalue weighted by Gasteiger charge is -2.23. The predicted octanol–water partition coefficient (Wildman–Crippen LogP) is 0.541. The zero-order valence-electron chi connectivity index (χ0n) is 3.52. The first-order valence-electron chi connectivity index (χ1n) is 1.96. The summed E-state index contributed by atoms with van der Waals surface area (Å²) in [4.78, 5) is 0. The second-order valence-electron chi connectivity index (χ2n) is 1.26. The van der Waals surface area contributed by atoms with Crippen LogP contribution in [0.3, 0.4) is 0 Å². The highest BCUT2D eigenvalue weighted by atomic mass is 16.7. The van der Waals surface area contributed by atoms with Crippen LogP contribution in [-0.2, 0) is 9.47 Å². The summed E-state index contributed by atoms with van der Waals surface area (Å²) in [6, 6.07) is 0. The molecule has 0 aromatic heterocycles. The van der Waals surface area contributed by atoms with Gasteiger partial charge in [-0.05, 0) is 0 Å². The van der Waals surface area contributed by atoms with Gasteiger partial charge < -0.3 is 9.47 Å². The molecule has 0 aromatic carbocycles. The largest absolute Gasteiger partial charge is 0.352 e. The topological polar surface area (TPSA) is 18.5 Å². The van der Waals surface area contributed by atoms with Crippen molar-refractivity contribution >= 4 is 0 Å². The summed E-state index contributed by atoms with van der Waals surface area (Å²) in [5.41, 5.74) is 0. The van der Waals surface area contributed by atoms with Crippen molar-refractivity contribution in [3.8, 4) is 0 Å². The normalized spacial score (nSPS) is 32.5. The van der Waals surface area contributed by atoms with E-state index in [4.69, 9.17) is 4.74 Å². The lowest BCUT2D eigenvalue weighted by molar-refractivity contribution is -0.189. The summed E-state index contributed by atoms with van der Waals surface area (Å²) < 4.78 is 9.31. The van der Waals surface area contributed by atoms with Gasteiger partial charge in [0.2, 0.25) is 0 Å². The SMILES string of the molecule is [CH2]OC1CCO1. The summed E-state index contributed by atoms with van der Waals surface area (Å²) in [6.07, 6.45) is 1.01. The van der Waals surface area contributed by atoms with Crippen LogP contribution in [0, 0.1) is 7.11 Å². The van der Waals surface area contributed by atoms with E-state index in [9.17, 15) is 0 Å². The van der Waals surface area contributed by atoms with E-state index in [1.165, 1.54) is 0 Å². The van der Waals surface area contributed by atoms with Gasteiger partial charge in [0.15, 0.2) is 6.29 Å². The van der Waals surface area contributed by atoms with Crippen molar-refractivity contribution in [2.45, 2.75) is 12.7 Å². The molecule has 0 spiro atoms. The Morgan fingerprint density at radius 3 is 2.50 bits per heavy atom. The number of rotatable bonds is 1. The van der Waals surface area contributed by atoms with E-state index in [0.717, 1.165) is 13.0 Å². The molecule has 1 radical (unpaired) electrons. The third kappa shape index (κ3) is 0.533. The standard InChI is InChI=1S/C4H7O2/c1-5-4-2-3-6-4/h4H,1-3H2. The van der Waals surface area contributed by atoms with E-state index in [2.05, 4.69) is 11.8 Å². The second kappa shape index (κ2) is 1.58. The fraction of sp³-hybridized carbons (Fsp3) is 0.750. The van der Waals surface area contributed by atoms with Crippen molar-refractivity contribution in [3.63, 3.8) is 0 Å². The van der Waals surface area contributed by atoms with Crippen LogP contribution in [0.25, 0.3) is 0 Å². The first kappa shape index (κ1) is 4.09. The van der Waals surface area contributed by atoms with Crippen LogP contribution >= 0.6 is 0 Å². The van der Waals surface area contributed by atoms with Crippen LogP contribution in [0.1, 0.15) is 6.42 Å². The zero-order valence-corrected chi connectivity index (χ0v) is 3.52. The van der Waals surface area contributed by atoms with Gasteiger partial charge >= 0.3 is 0 Å². The highest BCUT2D eigenvalue weighted by Gasteiger charge is 2.15. The Morgan fingerprint density at radius 2 is 2.50 bits per heavy atom. The number of hydrogen-bond donors (Lipinski definition) is 0. The van der Waals surface area contributed by atoms with Crippen molar-refractivity contribution in [1.29, 1.82) is 0 Å². The maximum Gasteiger partial charge on any atom is 0.159 e. The molecule has 0 aromatic rings. The Balaban J connectivity index is 2.01. The molecule has 0 N–H and O–H groups in total. The van der Waals surface area contributed by atoms with Gasteiger partial charge in [0.25, 0.3) is 0 Å². The summed E-state index contributed by atoms with van der Waals surface area (Å²) in [5, 5.41) is 0. The average Bonchev–Trinajstić information content (AvgIpc) is 1.31. The molecule has 1 atom stereocenters. The molecule has 1 saturated heterocycles. The number of ether oxygens (including phenoxy) is 2. The van der Waals surface area contributed by atoms with Crippen LogP contribution in [0.15, 0.2) is 0 Å². The maximum absolute atomic E-state index is 4.80. The van der Waals surface area contributed by atoms with Crippen molar-refractivity contribution in [2.75, 3.05) is 6.61 Å². The highest BCUT2D eigenvalue weighted by Crippen LogP contribution is 2.10. The first-order chi connectivity index (χ1) is 2.93. The van der Waals surface area contributed by atoms with E-state index >= 15 is 0 Å². The minimum absolute atomic E-state index is 0.00463. The fourth-order valence-electron chi connectivity index (χ4n) is 0.346. The Morgan fingerprint density at radius 1 is 1.83 bits per heavy atom. The van der Waals surface area contributed by atoms with Gasteiger partial charge in [0, 0.05) is 6.42 Å². The van der Waals surface area contributed by atoms with Gasteiger partial charge in [-0.1, -0.05) is 0 Å². The molecule has 1 fully saturated rings. The minimum Gasteiger partial charge on any atom is -0.352 e. The molecule has 0 saturated carbocycles. The van der Waals surface area contributed by atoms with Crippen LogP contribution in [0.4, 0.5) is 0 Å². The zero-order chi connectivity index (χ0) is 4.41. The molecular weight excluding hydrogens is 80.0 g/mol. The third-order valence-electron chi connectivity index (χ3n) is 0.843. The molecule has 0 bridgehead atoms. The van der Waals surface area contributed by atoms with Gasteiger partial charge in [0.1, 0.15) is 0 Å². The molecule has 1 unspecified atom stereocenters. The third-order valence-corrected chi connectivity index (χ3v) is 0.843. The van der Waals surface area contributed by atoms with Crippen LogP contribution in [0.2, 0.25) is 0 Å². The van der Waals surface area contributed by atoms with E-state index in [0.29, 0.717) is 0 Å². The summed E-state index contributed by atoms with van der Waals surface area (Å²) in [6.45, 7) is 0.834. The van der Waals surface area contributed by atoms with E-state index in [-0.39, 0.29) is 6.29 Å². The molecule has 0 aliphatic carbocycles. The van der Waals surface area contributed by atoms with Crippen molar-refractivity contribution in [3.05, 3.63) is 7.11 Å². The van der Waals surface area contributed by atoms with Gasteiger partial charge in [0.05, 0.1) is 13.7 Å². The highest BCUT2D eigenvalue weighted by molar-refractivity contribution is 4.52. The Hall–Kier alpha value is -0.0800. The molecular formula is C4H7O2. The molecule has 35 valence electrons. The van der Waals surface area contributed by atoms with Gasteiger partial charge in [-0.2, -0.15) is 0 Å². The van der Waals surface area contributed by atoms with Crippen LogP contribution < -0.4 is 0 Å². The quantitative estimate of drug-likeness (QED) is 0.464. The Labute approximate surface area is 37.1 Å². The van der Waals surface area contributed by atoms with E-state index in [1.807, 2.05) is 0 Å². The van der Waals surface area contributed by atoms with Crippen LogP contribution in [0.5, 0.6) is 0 Å². The molecule has 1 heterocycles. The molecule has 1 aliphatic rings. The lowest BCUT2D eigenvalue weighted by atomic mass is 10.3. The van der Waals surface area contributed by atoms with Crippen molar-refractivity contribution in [1.82, 2.24) is 0 Å². The van der Waals surface area contributed by atoms with Crippen molar-refractivity contribution < 1.29 is 9.47 Å². The summed E-state index contributed by atoms with van der Waals surface area (Å²) >= 11 is 0. The average molecular weight is 87.1 g/mol. The maximum atomic E-state index is 4.80. The molecule has 2 heteroatoms. The summed E-state index contributed by atoms with van der Waals surface area (Å²) in [5.74, 6) is 0. The van der Waals surface area contributed by atoms with E-state index in [1.54, 1.807) is 0 Å². The molecule has 1 aliphatic heterocycles. The smallest absolute Gasteiger partial charge is 0.159 e. The Kier molecular flexibility index (Phi) is 1.08. The molecule has 0 amide bonds. The predicted molar refractivity (Wildman–Crippen MR) is 20.8 cm³/mol. The first-order valence-corrected chi connectivity index (χ1v) is 1.96. The van der Waals surface area contributed by atoms with Gasteiger partial charge in [-0.15, -0.1) is 0 Å². The fourth-order valence-corrected chi connectivity index (χ4v) is 0.346. The molecule has 1 rings (SSSR count). The molecule has 6 heavy (non-hydrogen) atoms. The van der Waals surface area contributed by atoms with Gasteiger partial charge in [-0.25, -0.2) is 0 Å². The van der Waals surface area contributed by atoms with Crippen molar-refractivity contribution in [2.24, 2.45) is 0 Å². The minimum atomic E-state index is 0.00463. The van der Waals surface area contributed by atoms with E-state index < -0.39 is 0 Å². The second-order valence-corrected chi connectivity index (χ2v) is 1.26.